The molecule has 0 aliphatic carbocycles. The van der Waals surface area contributed by atoms with Gasteiger partial charge >= 0.3 is 7.12 Å². The van der Waals surface area contributed by atoms with Crippen LogP contribution in [0, 0.1) is 0 Å². The van der Waals surface area contributed by atoms with Crippen LogP contribution in [-0.2, 0) is 0 Å². The highest BCUT2D eigenvalue weighted by Crippen LogP contribution is 2.13. The molecule has 0 aliphatic rings. The predicted molar refractivity (Wildman–Crippen MR) is 107 cm³/mol. The Hall–Kier alpha value is -0.0551. The second kappa shape index (κ2) is 19.3. The summed E-state index contributed by atoms with van der Waals surface area (Å²) in [5.41, 5.74) is 0. The predicted octanol–water partition coefficient (Wildman–Crippen LogP) is 5.26. The molecule has 2 N–H and O–H groups in total. The molecule has 0 aromatic carbocycles. The summed E-state index contributed by atoms with van der Waals surface area (Å²) >= 11 is 0. The minimum absolute atomic E-state index is 0.489. The van der Waals surface area contributed by atoms with Gasteiger partial charge < -0.3 is 14.9 Å². The summed E-state index contributed by atoms with van der Waals surface area (Å²) in [5.74, 6) is 0. The van der Waals surface area contributed by atoms with Crippen molar-refractivity contribution in [1.82, 2.24) is 4.90 Å². The average molecular weight is 341 g/mol. The van der Waals surface area contributed by atoms with E-state index in [1.54, 1.807) is 0 Å². The standard InChI is InChI=1S/C20H44BNO2/c1-3-4-5-6-7-8-9-10-11-12-13-14-15-16-19-22(2)20-17-18-21(23)24/h23-24H,3-20H2,1-2H3. The quantitative estimate of drug-likeness (QED) is 0.249. The summed E-state index contributed by atoms with van der Waals surface area (Å²) in [4.78, 5) is 2.31. The molecular formula is C20H44BNO2. The Morgan fingerprint density at radius 3 is 1.38 bits per heavy atom. The number of rotatable bonds is 19. The van der Waals surface area contributed by atoms with E-state index in [1.165, 1.54) is 89.9 Å². The highest BCUT2D eigenvalue weighted by atomic mass is 16.4. The fourth-order valence-electron chi connectivity index (χ4n) is 3.23. The number of nitrogens with zero attached hydrogens (tertiary/aromatic N) is 1. The number of hydrogen-bond acceptors (Lipinski definition) is 3. The highest BCUT2D eigenvalue weighted by Gasteiger charge is 2.06. The Balaban J connectivity index is 3.09. The van der Waals surface area contributed by atoms with Crippen molar-refractivity contribution >= 4 is 7.12 Å². The van der Waals surface area contributed by atoms with E-state index in [9.17, 15) is 0 Å². The molecule has 4 heteroatoms. The molecule has 0 atom stereocenters. The molecule has 144 valence electrons. The van der Waals surface area contributed by atoms with Crippen molar-refractivity contribution in [2.45, 2.75) is 110 Å². The maximum absolute atomic E-state index is 8.81. The van der Waals surface area contributed by atoms with Crippen LogP contribution >= 0.6 is 0 Å². The number of hydrogen-bond donors (Lipinski definition) is 2. The van der Waals surface area contributed by atoms with Crippen molar-refractivity contribution in [3.8, 4) is 0 Å². The fraction of sp³-hybridized carbons (Fsp3) is 1.00. The Bertz CT molecular complexity index is 240. The zero-order valence-electron chi connectivity index (χ0n) is 16.6. The van der Waals surface area contributed by atoms with Gasteiger partial charge in [0.05, 0.1) is 0 Å². The molecule has 0 spiro atoms. The van der Waals surface area contributed by atoms with Gasteiger partial charge in [0.25, 0.3) is 0 Å². The van der Waals surface area contributed by atoms with E-state index in [1.807, 2.05) is 0 Å². The molecule has 0 bridgehead atoms. The van der Waals surface area contributed by atoms with Crippen LogP contribution in [0.3, 0.4) is 0 Å². The van der Waals surface area contributed by atoms with Crippen molar-refractivity contribution in [2.24, 2.45) is 0 Å². The van der Waals surface area contributed by atoms with Gasteiger partial charge in [0.2, 0.25) is 0 Å². The van der Waals surface area contributed by atoms with Crippen molar-refractivity contribution in [1.29, 1.82) is 0 Å². The summed E-state index contributed by atoms with van der Waals surface area (Å²) in [5, 5.41) is 17.6. The molecule has 0 radical (unpaired) electrons. The van der Waals surface area contributed by atoms with Crippen LogP contribution in [-0.4, -0.2) is 42.2 Å². The van der Waals surface area contributed by atoms with Gasteiger partial charge in [0.15, 0.2) is 0 Å². The van der Waals surface area contributed by atoms with Crippen molar-refractivity contribution in [3.63, 3.8) is 0 Å². The maximum Gasteiger partial charge on any atom is 0.451 e. The van der Waals surface area contributed by atoms with Gasteiger partial charge in [-0.25, -0.2) is 0 Å². The Labute approximate surface area is 152 Å². The lowest BCUT2D eigenvalue weighted by Gasteiger charge is -2.16. The first-order valence-electron chi connectivity index (χ1n) is 10.7. The molecule has 0 heterocycles. The van der Waals surface area contributed by atoms with Crippen molar-refractivity contribution in [2.75, 3.05) is 20.1 Å². The summed E-state index contributed by atoms with van der Waals surface area (Å²) in [7, 11) is 0.992. The van der Waals surface area contributed by atoms with E-state index in [0.717, 1.165) is 19.5 Å². The van der Waals surface area contributed by atoms with Crippen molar-refractivity contribution in [3.05, 3.63) is 0 Å². The smallest absolute Gasteiger partial charge is 0.427 e. The third kappa shape index (κ3) is 20.0. The monoisotopic (exact) mass is 341 g/mol. The Morgan fingerprint density at radius 1 is 0.583 bits per heavy atom. The second-order valence-electron chi connectivity index (χ2n) is 7.52. The summed E-state index contributed by atoms with van der Waals surface area (Å²) in [6.07, 6.45) is 21.0. The molecule has 3 nitrogen and oxygen atoms in total. The summed E-state index contributed by atoms with van der Waals surface area (Å²) in [6.45, 7) is 4.39. The Morgan fingerprint density at radius 2 is 0.958 bits per heavy atom. The SMILES string of the molecule is CCCCCCCCCCCCCCCCN(C)CCCB(O)O. The minimum atomic E-state index is -1.14. The van der Waals surface area contributed by atoms with Crippen LogP contribution in [0.5, 0.6) is 0 Å². The van der Waals surface area contributed by atoms with E-state index < -0.39 is 7.12 Å². The van der Waals surface area contributed by atoms with E-state index in [2.05, 4.69) is 18.9 Å². The molecule has 0 aromatic rings. The zero-order valence-corrected chi connectivity index (χ0v) is 16.6. The fourth-order valence-corrected chi connectivity index (χ4v) is 3.23. The van der Waals surface area contributed by atoms with Crippen LogP contribution in [0.2, 0.25) is 6.32 Å². The van der Waals surface area contributed by atoms with E-state index in [-0.39, 0.29) is 0 Å². The van der Waals surface area contributed by atoms with Crippen LogP contribution in [0.15, 0.2) is 0 Å². The Kier molecular flexibility index (Phi) is 19.2. The zero-order chi connectivity index (χ0) is 17.9. The first-order valence-corrected chi connectivity index (χ1v) is 10.7. The number of unbranched alkanes of at least 4 members (excludes halogenated alkanes) is 13. The van der Waals surface area contributed by atoms with Gasteiger partial charge in [-0.3, -0.25) is 0 Å². The first-order chi connectivity index (χ1) is 11.7. The lowest BCUT2D eigenvalue weighted by Crippen LogP contribution is -2.22. The molecular weight excluding hydrogens is 297 g/mol. The second-order valence-corrected chi connectivity index (χ2v) is 7.52. The third-order valence-electron chi connectivity index (χ3n) is 4.90. The molecule has 0 unspecified atom stereocenters. The van der Waals surface area contributed by atoms with Crippen LogP contribution in [0.4, 0.5) is 0 Å². The van der Waals surface area contributed by atoms with Crippen LogP contribution in [0.25, 0.3) is 0 Å². The lowest BCUT2D eigenvalue weighted by molar-refractivity contribution is 0.318. The summed E-state index contributed by atoms with van der Waals surface area (Å²) < 4.78 is 0. The molecule has 0 aromatic heterocycles. The molecule has 0 saturated carbocycles. The van der Waals surface area contributed by atoms with Crippen LogP contribution in [0.1, 0.15) is 103 Å². The molecule has 0 saturated heterocycles. The van der Waals surface area contributed by atoms with Gasteiger partial charge in [-0.05, 0) is 39.3 Å². The first kappa shape index (κ1) is 23.9. The molecule has 24 heavy (non-hydrogen) atoms. The average Bonchev–Trinajstić information content (AvgIpc) is 2.55. The normalized spacial score (nSPS) is 11.4. The third-order valence-corrected chi connectivity index (χ3v) is 4.90. The lowest BCUT2D eigenvalue weighted by atomic mass is 9.84. The topological polar surface area (TPSA) is 43.7 Å². The van der Waals surface area contributed by atoms with E-state index >= 15 is 0 Å². The molecule has 0 aliphatic heterocycles. The van der Waals surface area contributed by atoms with Gasteiger partial charge in [0, 0.05) is 0 Å². The van der Waals surface area contributed by atoms with Gasteiger partial charge in [-0.1, -0.05) is 90.4 Å². The van der Waals surface area contributed by atoms with Crippen molar-refractivity contribution < 1.29 is 10.0 Å². The molecule has 0 rings (SSSR count). The summed E-state index contributed by atoms with van der Waals surface area (Å²) in [6, 6.07) is 0. The van der Waals surface area contributed by atoms with Gasteiger partial charge in [-0.15, -0.1) is 0 Å². The maximum atomic E-state index is 8.81. The minimum Gasteiger partial charge on any atom is -0.427 e. The molecule has 0 amide bonds. The van der Waals surface area contributed by atoms with Gasteiger partial charge in [-0.2, -0.15) is 0 Å². The largest absolute Gasteiger partial charge is 0.451 e. The molecule has 0 fully saturated rings. The van der Waals surface area contributed by atoms with Gasteiger partial charge in [0.1, 0.15) is 0 Å². The highest BCUT2D eigenvalue weighted by molar-refractivity contribution is 6.40. The van der Waals surface area contributed by atoms with E-state index in [0.29, 0.717) is 6.32 Å². The van der Waals surface area contributed by atoms with Crippen LogP contribution < -0.4 is 0 Å². The van der Waals surface area contributed by atoms with E-state index in [4.69, 9.17) is 10.0 Å².